The van der Waals surface area contributed by atoms with Crippen LogP contribution in [0.25, 0.3) is 0 Å². The molecule has 25 heavy (non-hydrogen) atoms. The van der Waals surface area contributed by atoms with Crippen molar-refractivity contribution in [3.8, 4) is 11.5 Å². The van der Waals surface area contributed by atoms with Gasteiger partial charge in [0.1, 0.15) is 19.0 Å². The minimum Gasteiger partial charge on any atom is -0.486 e. The maximum atomic E-state index is 5.62. The molecule has 0 unspecified atom stereocenters. The van der Waals surface area contributed by atoms with Gasteiger partial charge in [-0.25, -0.2) is 4.98 Å². The van der Waals surface area contributed by atoms with Gasteiger partial charge in [-0.2, -0.15) is 4.98 Å². The average Bonchev–Trinajstić information content (AvgIpc) is 2.58. The van der Waals surface area contributed by atoms with E-state index < -0.39 is 0 Å². The summed E-state index contributed by atoms with van der Waals surface area (Å²) in [6.45, 7) is 4.99. The Bertz CT molecular complexity index is 721. The summed E-state index contributed by atoms with van der Waals surface area (Å²) in [4.78, 5) is 11.1. The van der Waals surface area contributed by atoms with Gasteiger partial charge >= 0.3 is 0 Å². The first-order chi connectivity index (χ1) is 12.1. The minimum atomic E-state index is 0.573. The molecule has 0 fully saturated rings. The van der Waals surface area contributed by atoms with Crippen molar-refractivity contribution < 1.29 is 9.47 Å². The summed E-state index contributed by atoms with van der Waals surface area (Å²) < 4.78 is 11.2. The number of nitrogens with one attached hydrogen (secondary N) is 2. The van der Waals surface area contributed by atoms with E-state index in [9.17, 15) is 0 Å². The van der Waals surface area contributed by atoms with E-state index in [0.717, 1.165) is 48.2 Å². The standard InChI is InChI=1S/C18H25N5O2/c1-13-11-17(22-18(20-13)19-7-4-8-23(2)3)21-14-5-6-15-16(12-14)25-10-9-24-15/h5-6,11-12H,4,7-10H2,1-3H3,(H2,19,20,21,22). The van der Waals surface area contributed by atoms with E-state index in [1.165, 1.54) is 0 Å². The number of aromatic nitrogens is 2. The van der Waals surface area contributed by atoms with Crippen molar-refractivity contribution in [3.63, 3.8) is 0 Å². The van der Waals surface area contributed by atoms with E-state index in [1.807, 2.05) is 31.2 Å². The topological polar surface area (TPSA) is 71.5 Å². The van der Waals surface area contributed by atoms with E-state index in [0.29, 0.717) is 19.2 Å². The summed E-state index contributed by atoms with van der Waals surface area (Å²) in [5.74, 6) is 2.92. The zero-order chi connectivity index (χ0) is 17.6. The van der Waals surface area contributed by atoms with Crippen LogP contribution in [-0.4, -0.2) is 55.3 Å². The second kappa shape index (κ2) is 8.02. The van der Waals surface area contributed by atoms with Crippen LogP contribution in [0.5, 0.6) is 11.5 Å². The molecule has 1 aliphatic rings. The predicted molar refractivity (Wildman–Crippen MR) is 99.1 cm³/mol. The van der Waals surface area contributed by atoms with Crippen molar-refractivity contribution in [3.05, 3.63) is 30.0 Å². The molecule has 0 radical (unpaired) electrons. The highest BCUT2D eigenvalue weighted by Gasteiger charge is 2.12. The number of aryl methyl sites for hydroxylation is 1. The third-order valence-corrected chi connectivity index (χ3v) is 3.73. The second-order valence-electron chi connectivity index (χ2n) is 6.29. The Hall–Kier alpha value is -2.54. The molecular formula is C18H25N5O2. The van der Waals surface area contributed by atoms with Gasteiger partial charge < -0.3 is 25.0 Å². The van der Waals surface area contributed by atoms with Gasteiger partial charge in [0.15, 0.2) is 11.5 Å². The highest BCUT2D eigenvalue weighted by molar-refractivity contribution is 5.62. The van der Waals surface area contributed by atoms with Gasteiger partial charge in [-0.3, -0.25) is 0 Å². The zero-order valence-corrected chi connectivity index (χ0v) is 15.0. The largest absolute Gasteiger partial charge is 0.486 e. The second-order valence-corrected chi connectivity index (χ2v) is 6.29. The van der Waals surface area contributed by atoms with Gasteiger partial charge in [0.25, 0.3) is 0 Å². The fourth-order valence-corrected chi connectivity index (χ4v) is 2.58. The summed E-state index contributed by atoms with van der Waals surface area (Å²) in [5, 5.41) is 6.59. The highest BCUT2D eigenvalue weighted by Crippen LogP contribution is 2.33. The normalized spacial score (nSPS) is 13.0. The van der Waals surface area contributed by atoms with Gasteiger partial charge in [-0.15, -0.1) is 0 Å². The average molecular weight is 343 g/mol. The smallest absolute Gasteiger partial charge is 0.224 e. The van der Waals surface area contributed by atoms with Crippen molar-refractivity contribution in [1.82, 2.24) is 14.9 Å². The van der Waals surface area contributed by atoms with Crippen LogP contribution >= 0.6 is 0 Å². The lowest BCUT2D eigenvalue weighted by molar-refractivity contribution is 0.171. The van der Waals surface area contributed by atoms with Gasteiger partial charge in [0.2, 0.25) is 5.95 Å². The van der Waals surface area contributed by atoms with E-state index in [-0.39, 0.29) is 0 Å². The van der Waals surface area contributed by atoms with Crippen LogP contribution in [0.15, 0.2) is 24.3 Å². The van der Waals surface area contributed by atoms with Gasteiger partial charge in [-0.05, 0) is 46.1 Å². The molecule has 0 atom stereocenters. The Morgan fingerprint density at radius 3 is 2.68 bits per heavy atom. The first kappa shape index (κ1) is 17.3. The molecular weight excluding hydrogens is 318 g/mol. The van der Waals surface area contributed by atoms with E-state index in [4.69, 9.17) is 9.47 Å². The zero-order valence-electron chi connectivity index (χ0n) is 15.0. The minimum absolute atomic E-state index is 0.573. The molecule has 0 bridgehead atoms. The first-order valence-electron chi connectivity index (χ1n) is 8.51. The molecule has 2 heterocycles. The number of anilines is 3. The Morgan fingerprint density at radius 2 is 1.88 bits per heavy atom. The predicted octanol–water partition coefficient (Wildman–Crippen LogP) is 2.66. The van der Waals surface area contributed by atoms with Crippen LogP contribution in [0.2, 0.25) is 0 Å². The van der Waals surface area contributed by atoms with Crippen molar-refractivity contribution >= 4 is 17.5 Å². The number of rotatable bonds is 7. The van der Waals surface area contributed by atoms with Gasteiger partial charge in [-0.1, -0.05) is 0 Å². The Kier molecular flexibility index (Phi) is 5.55. The maximum absolute atomic E-state index is 5.62. The molecule has 2 N–H and O–H groups in total. The fourth-order valence-electron chi connectivity index (χ4n) is 2.58. The molecule has 0 saturated carbocycles. The maximum Gasteiger partial charge on any atom is 0.224 e. The summed E-state index contributed by atoms with van der Waals surface area (Å²) in [6.07, 6.45) is 1.04. The van der Waals surface area contributed by atoms with E-state index in [2.05, 4.69) is 39.6 Å². The number of nitrogens with zero attached hydrogens (tertiary/aromatic N) is 3. The van der Waals surface area contributed by atoms with Crippen molar-refractivity contribution in [2.45, 2.75) is 13.3 Å². The number of hydrogen-bond acceptors (Lipinski definition) is 7. The van der Waals surface area contributed by atoms with E-state index >= 15 is 0 Å². The molecule has 0 aliphatic carbocycles. The summed E-state index contributed by atoms with van der Waals surface area (Å²) in [7, 11) is 4.14. The number of fused-ring (bicyclic) bond motifs is 1. The number of benzene rings is 1. The molecule has 1 aromatic carbocycles. The molecule has 1 aliphatic heterocycles. The third-order valence-electron chi connectivity index (χ3n) is 3.73. The molecule has 3 rings (SSSR count). The molecule has 2 aromatic rings. The van der Waals surface area contributed by atoms with Crippen LogP contribution in [0.1, 0.15) is 12.1 Å². The summed E-state index contributed by atoms with van der Waals surface area (Å²) in [5.41, 5.74) is 1.81. The lowest BCUT2D eigenvalue weighted by atomic mass is 10.2. The lowest BCUT2D eigenvalue weighted by Crippen LogP contribution is -2.17. The van der Waals surface area contributed by atoms with Crippen LogP contribution < -0.4 is 20.1 Å². The van der Waals surface area contributed by atoms with E-state index in [1.54, 1.807) is 0 Å². The van der Waals surface area contributed by atoms with Crippen LogP contribution in [0, 0.1) is 6.92 Å². The van der Waals surface area contributed by atoms with Crippen LogP contribution in [0.3, 0.4) is 0 Å². The SMILES string of the molecule is Cc1cc(Nc2ccc3c(c2)OCCO3)nc(NCCCN(C)C)n1. The number of ether oxygens (including phenoxy) is 2. The quantitative estimate of drug-likeness (QED) is 0.749. The Labute approximate surface area is 148 Å². The van der Waals surface area contributed by atoms with Crippen molar-refractivity contribution in [1.29, 1.82) is 0 Å². The number of hydrogen-bond donors (Lipinski definition) is 2. The van der Waals surface area contributed by atoms with Crippen LogP contribution in [0.4, 0.5) is 17.5 Å². The molecule has 0 spiro atoms. The van der Waals surface area contributed by atoms with Gasteiger partial charge in [0.05, 0.1) is 0 Å². The first-order valence-corrected chi connectivity index (χ1v) is 8.51. The Morgan fingerprint density at radius 1 is 1.08 bits per heavy atom. The molecule has 1 aromatic heterocycles. The molecule has 7 nitrogen and oxygen atoms in total. The molecule has 134 valence electrons. The third kappa shape index (κ3) is 4.96. The van der Waals surface area contributed by atoms with Gasteiger partial charge in [0, 0.05) is 30.1 Å². The monoisotopic (exact) mass is 343 g/mol. The fraction of sp³-hybridized carbons (Fsp3) is 0.444. The summed E-state index contributed by atoms with van der Waals surface area (Å²) >= 11 is 0. The van der Waals surface area contributed by atoms with Crippen molar-refractivity contribution in [2.75, 3.05) is 51.0 Å². The lowest BCUT2D eigenvalue weighted by Gasteiger charge is -2.19. The Balaban J connectivity index is 1.66. The van der Waals surface area contributed by atoms with Crippen molar-refractivity contribution in [2.24, 2.45) is 0 Å². The van der Waals surface area contributed by atoms with Crippen LogP contribution in [-0.2, 0) is 0 Å². The summed E-state index contributed by atoms with van der Waals surface area (Å²) in [6, 6.07) is 7.71. The highest BCUT2D eigenvalue weighted by atomic mass is 16.6. The molecule has 0 amide bonds. The molecule has 0 saturated heterocycles. The molecule has 7 heteroatoms.